The van der Waals surface area contributed by atoms with Crippen molar-refractivity contribution in [2.24, 2.45) is 0 Å². The van der Waals surface area contributed by atoms with Crippen LogP contribution >= 0.6 is 0 Å². The summed E-state index contributed by atoms with van der Waals surface area (Å²) in [6, 6.07) is 12.7. The van der Waals surface area contributed by atoms with Gasteiger partial charge in [0.15, 0.2) is 5.78 Å². The molecule has 0 radical (unpaired) electrons. The molecule has 2 nitrogen and oxygen atoms in total. The highest BCUT2D eigenvalue weighted by atomic mass is 16.3. The summed E-state index contributed by atoms with van der Waals surface area (Å²) in [7, 11) is 0. The zero-order valence-corrected chi connectivity index (χ0v) is 11.5. The van der Waals surface area contributed by atoms with E-state index in [1.165, 1.54) is 0 Å². The third-order valence-electron chi connectivity index (χ3n) is 3.32. The van der Waals surface area contributed by atoms with Crippen LogP contribution in [0.5, 0.6) is 5.75 Å². The first-order valence-corrected chi connectivity index (χ1v) is 6.44. The highest BCUT2D eigenvalue weighted by Gasteiger charge is 2.16. The van der Waals surface area contributed by atoms with E-state index >= 15 is 0 Å². The maximum Gasteiger partial charge on any atom is 0.197 e. The van der Waals surface area contributed by atoms with Gasteiger partial charge in [-0.05, 0) is 36.1 Å². The van der Waals surface area contributed by atoms with Gasteiger partial charge in [0.2, 0.25) is 0 Å². The first kappa shape index (κ1) is 13.3. The Hall–Kier alpha value is -2.09. The molecule has 2 aromatic carbocycles. The van der Waals surface area contributed by atoms with Gasteiger partial charge in [-0.15, -0.1) is 0 Å². The zero-order valence-electron chi connectivity index (χ0n) is 11.5. The van der Waals surface area contributed by atoms with Crippen LogP contribution in [0.2, 0.25) is 0 Å². The largest absolute Gasteiger partial charge is 0.507 e. The van der Waals surface area contributed by atoms with Gasteiger partial charge in [-0.25, -0.2) is 0 Å². The Morgan fingerprint density at radius 3 is 2.32 bits per heavy atom. The van der Waals surface area contributed by atoms with E-state index in [4.69, 9.17) is 0 Å². The molecular formula is C17H18O2. The van der Waals surface area contributed by atoms with Crippen LogP contribution in [0.3, 0.4) is 0 Å². The van der Waals surface area contributed by atoms with E-state index in [9.17, 15) is 9.90 Å². The van der Waals surface area contributed by atoms with Crippen molar-refractivity contribution in [2.75, 3.05) is 0 Å². The van der Waals surface area contributed by atoms with E-state index in [0.29, 0.717) is 17.0 Å². The van der Waals surface area contributed by atoms with Crippen LogP contribution in [0, 0.1) is 6.92 Å². The maximum atomic E-state index is 12.4. The summed E-state index contributed by atoms with van der Waals surface area (Å²) >= 11 is 0. The minimum atomic E-state index is -0.133. The summed E-state index contributed by atoms with van der Waals surface area (Å²) in [5, 5.41) is 10.0. The Morgan fingerprint density at radius 2 is 1.74 bits per heavy atom. The van der Waals surface area contributed by atoms with Gasteiger partial charge in [0.05, 0.1) is 5.56 Å². The molecule has 0 atom stereocenters. The van der Waals surface area contributed by atoms with Gasteiger partial charge < -0.3 is 5.11 Å². The lowest BCUT2D eigenvalue weighted by molar-refractivity contribution is 0.103. The van der Waals surface area contributed by atoms with Crippen molar-refractivity contribution in [2.45, 2.75) is 26.7 Å². The van der Waals surface area contributed by atoms with Gasteiger partial charge in [0, 0.05) is 5.56 Å². The molecule has 0 aromatic heterocycles. The van der Waals surface area contributed by atoms with Crippen molar-refractivity contribution in [3.63, 3.8) is 0 Å². The molecule has 0 spiro atoms. The predicted molar refractivity (Wildman–Crippen MR) is 76.8 cm³/mol. The molecule has 2 aromatic rings. The first-order valence-electron chi connectivity index (χ1n) is 6.44. The SMILES string of the molecule is Cc1ccccc1C(=O)c1ccc(C(C)C)cc1O. The van der Waals surface area contributed by atoms with Crippen LogP contribution in [0.15, 0.2) is 42.5 Å². The highest BCUT2D eigenvalue weighted by molar-refractivity contribution is 6.11. The molecule has 0 unspecified atom stereocenters. The molecule has 0 saturated carbocycles. The van der Waals surface area contributed by atoms with E-state index < -0.39 is 0 Å². The first-order chi connectivity index (χ1) is 9.00. The van der Waals surface area contributed by atoms with Crippen LogP contribution < -0.4 is 0 Å². The quantitative estimate of drug-likeness (QED) is 0.839. The van der Waals surface area contributed by atoms with E-state index in [0.717, 1.165) is 11.1 Å². The number of benzene rings is 2. The second-order valence-corrected chi connectivity index (χ2v) is 5.08. The molecule has 0 bridgehead atoms. The molecule has 0 amide bonds. The standard InChI is InChI=1S/C17H18O2/c1-11(2)13-8-9-15(16(18)10-13)17(19)14-7-5-4-6-12(14)3/h4-11,18H,1-3H3. The van der Waals surface area contributed by atoms with E-state index in [-0.39, 0.29) is 11.5 Å². The summed E-state index contributed by atoms with van der Waals surface area (Å²) in [5.41, 5.74) is 2.94. The van der Waals surface area contributed by atoms with Crippen LogP contribution in [-0.4, -0.2) is 10.9 Å². The third-order valence-corrected chi connectivity index (χ3v) is 3.32. The van der Waals surface area contributed by atoms with Crippen LogP contribution in [0.1, 0.15) is 46.8 Å². The number of carbonyl (C=O) groups is 1. The number of ketones is 1. The molecule has 0 aliphatic carbocycles. The third kappa shape index (κ3) is 2.68. The fourth-order valence-electron chi connectivity index (χ4n) is 2.07. The lowest BCUT2D eigenvalue weighted by Crippen LogP contribution is -2.04. The summed E-state index contributed by atoms with van der Waals surface area (Å²) < 4.78 is 0. The molecule has 0 aliphatic rings. The topological polar surface area (TPSA) is 37.3 Å². The van der Waals surface area contributed by atoms with E-state index in [2.05, 4.69) is 13.8 Å². The van der Waals surface area contributed by atoms with Crippen LogP contribution in [-0.2, 0) is 0 Å². The van der Waals surface area contributed by atoms with Crippen molar-refractivity contribution in [3.05, 3.63) is 64.7 Å². The Labute approximate surface area is 113 Å². The Kier molecular flexibility index (Phi) is 3.70. The average molecular weight is 254 g/mol. The summed E-state index contributed by atoms with van der Waals surface area (Å²) in [5.74, 6) is 0.249. The van der Waals surface area contributed by atoms with Crippen molar-refractivity contribution < 1.29 is 9.90 Å². The molecule has 19 heavy (non-hydrogen) atoms. The molecule has 0 heterocycles. The second kappa shape index (κ2) is 5.27. The molecule has 2 heteroatoms. The van der Waals surface area contributed by atoms with E-state index in [1.54, 1.807) is 18.2 Å². The summed E-state index contributed by atoms with van der Waals surface area (Å²) in [6.07, 6.45) is 0. The van der Waals surface area contributed by atoms with Gasteiger partial charge in [-0.2, -0.15) is 0 Å². The number of hydrogen-bond acceptors (Lipinski definition) is 2. The van der Waals surface area contributed by atoms with Gasteiger partial charge in [-0.3, -0.25) is 4.79 Å². The van der Waals surface area contributed by atoms with Gasteiger partial charge in [0.25, 0.3) is 0 Å². The van der Waals surface area contributed by atoms with Crippen molar-refractivity contribution in [1.82, 2.24) is 0 Å². The zero-order chi connectivity index (χ0) is 14.0. The number of aryl methyl sites for hydroxylation is 1. The van der Waals surface area contributed by atoms with Crippen molar-refractivity contribution >= 4 is 5.78 Å². The molecule has 1 N–H and O–H groups in total. The monoisotopic (exact) mass is 254 g/mol. The van der Waals surface area contributed by atoms with Gasteiger partial charge in [-0.1, -0.05) is 44.2 Å². The second-order valence-electron chi connectivity index (χ2n) is 5.08. The molecule has 0 fully saturated rings. The average Bonchev–Trinajstić information content (AvgIpc) is 2.38. The van der Waals surface area contributed by atoms with Gasteiger partial charge in [0.1, 0.15) is 5.75 Å². The van der Waals surface area contributed by atoms with E-state index in [1.807, 2.05) is 31.2 Å². The maximum absolute atomic E-state index is 12.4. The molecule has 2 rings (SSSR count). The van der Waals surface area contributed by atoms with Crippen molar-refractivity contribution in [1.29, 1.82) is 0 Å². The number of aromatic hydroxyl groups is 1. The number of hydrogen-bond donors (Lipinski definition) is 1. The number of phenols is 1. The smallest absolute Gasteiger partial charge is 0.197 e. The lowest BCUT2D eigenvalue weighted by atomic mass is 9.95. The van der Waals surface area contributed by atoms with Crippen LogP contribution in [0.4, 0.5) is 0 Å². The normalized spacial score (nSPS) is 10.7. The molecule has 0 aliphatic heterocycles. The lowest BCUT2D eigenvalue weighted by Gasteiger charge is -2.10. The number of carbonyl (C=O) groups excluding carboxylic acids is 1. The van der Waals surface area contributed by atoms with Crippen molar-refractivity contribution in [3.8, 4) is 5.75 Å². The summed E-state index contributed by atoms with van der Waals surface area (Å²) in [6.45, 7) is 6.00. The molecular weight excluding hydrogens is 236 g/mol. The minimum absolute atomic E-state index is 0.0550. The highest BCUT2D eigenvalue weighted by Crippen LogP contribution is 2.26. The Morgan fingerprint density at radius 1 is 1.05 bits per heavy atom. The molecule has 0 saturated heterocycles. The van der Waals surface area contributed by atoms with Gasteiger partial charge >= 0.3 is 0 Å². The minimum Gasteiger partial charge on any atom is -0.507 e. The predicted octanol–water partition coefficient (Wildman–Crippen LogP) is 4.06. The fraction of sp³-hybridized carbons (Fsp3) is 0.235. The number of rotatable bonds is 3. The Bertz CT molecular complexity index is 612. The fourth-order valence-corrected chi connectivity index (χ4v) is 2.07. The summed E-state index contributed by atoms with van der Waals surface area (Å²) in [4.78, 5) is 12.4. The molecule has 98 valence electrons. The van der Waals surface area contributed by atoms with Crippen LogP contribution in [0.25, 0.3) is 0 Å². The Balaban J connectivity index is 2.43. The number of phenolic OH excluding ortho intramolecular Hbond substituents is 1.